The highest BCUT2D eigenvalue weighted by Crippen LogP contribution is 2.41. The molecule has 2 aromatic carbocycles. The average Bonchev–Trinajstić information content (AvgIpc) is 4.02. The van der Waals surface area contributed by atoms with Crippen LogP contribution in [0.4, 0.5) is 5.69 Å². The predicted molar refractivity (Wildman–Crippen MR) is 252 cm³/mol. The normalized spacial score (nSPS) is 14.8. The molecule has 8 rings (SSSR count). The first-order valence-electron chi connectivity index (χ1n) is 21.4. The molecule has 2 N–H and O–H groups in total. The fourth-order valence-corrected chi connectivity index (χ4v) is 8.31. The zero-order valence-corrected chi connectivity index (χ0v) is 37.6. The van der Waals surface area contributed by atoms with Gasteiger partial charge < -0.3 is 19.6 Å². The second-order valence-corrected chi connectivity index (χ2v) is 20.8. The third-order valence-electron chi connectivity index (χ3n) is 12.1. The number of nitrogens with one attached hydrogen (secondary N) is 2. The zero-order valence-electron chi connectivity index (χ0n) is 37.6. The monoisotopic (exact) mass is 796 g/mol. The molecule has 3 aliphatic heterocycles. The number of fused-ring (bicyclic) bond motifs is 8. The molecular formula is C53H60N6O. The summed E-state index contributed by atoms with van der Waals surface area (Å²) in [5, 5.41) is 10.8. The van der Waals surface area contributed by atoms with Gasteiger partial charge in [-0.1, -0.05) is 119 Å². The molecule has 0 aliphatic carbocycles. The van der Waals surface area contributed by atoms with Crippen LogP contribution < -0.4 is 4.90 Å². The number of ether oxygens (including phenoxy) is 1. The van der Waals surface area contributed by atoms with Crippen LogP contribution in [-0.4, -0.2) is 46.2 Å². The summed E-state index contributed by atoms with van der Waals surface area (Å²) < 4.78 is 5.88. The summed E-state index contributed by atoms with van der Waals surface area (Å²) in [5.74, 6) is 0. The number of aromatic nitrogens is 4. The second kappa shape index (κ2) is 14.8. The van der Waals surface area contributed by atoms with Gasteiger partial charge in [-0.3, -0.25) is 0 Å². The van der Waals surface area contributed by atoms with Crippen LogP contribution in [0.1, 0.15) is 134 Å². The highest BCUT2D eigenvalue weighted by molar-refractivity contribution is 5.97. The third kappa shape index (κ3) is 7.86. The predicted octanol–water partition coefficient (Wildman–Crippen LogP) is 12.9. The quantitative estimate of drug-likeness (QED) is 0.186. The van der Waals surface area contributed by atoms with E-state index in [1.807, 2.05) is 12.1 Å². The Bertz CT molecular complexity index is 2650. The molecule has 8 bridgehead atoms. The molecule has 60 heavy (non-hydrogen) atoms. The lowest BCUT2D eigenvalue weighted by Crippen LogP contribution is -2.36. The van der Waals surface area contributed by atoms with Crippen LogP contribution in [0.25, 0.3) is 68.6 Å². The van der Waals surface area contributed by atoms with Crippen molar-refractivity contribution in [1.29, 1.82) is 5.26 Å². The number of rotatable bonds is 3. The molecule has 3 aromatic heterocycles. The Labute approximate surface area is 356 Å². The molecule has 0 radical (unpaired) electrons. The minimum atomic E-state index is -0.0792. The first kappa shape index (κ1) is 41.0. The van der Waals surface area contributed by atoms with E-state index in [2.05, 4.69) is 177 Å². The number of nitriles is 1. The molecule has 0 spiro atoms. The maximum Gasteiger partial charge on any atom is 0.104 e. The van der Waals surface area contributed by atoms with E-state index < -0.39 is 0 Å². The molecule has 0 unspecified atom stereocenters. The molecule has 3 aliphatic rings. The molecule has 0 saturated carbocycles. The SMILES string of the molecule is CC(C)(C)c1cc(-c2c3nc(c(N4CCOCC4)c4ccc([nH]4)c(-c4cc(C(C)(C)C)cc(C(C)(C)C)c4)c4nc(c(C#N)c5ccc2[nH]5)C=C4)C=C3)cc(C(C)(C)C)c1. The van der Waals surface area contributed by atoms with Crippen molar-refractivity contribution in [3.8, 4) is 28.3 Å². The van der Waals surface area contributed by atoms with Crippen LogP contribution in [0.5, 0.6) is 0 Å². The Hall–Kier alpha value is -5.71. The van der Waals surface area contributed by atoms with Crippen molar-refractivity contribution in [1.82, 2.24) is 19.9 Å². The lowest BCUT2D eigenvalue weighted by molar-refractivity contribution is 0.123. The highest BCUT2D eigenvalue weighted by atomic mass is 16.5. The lowest BCUT2D eigenvalue weighted by Gasteiger charge is -2.29. The molecule has 6 heterocycles. The summed E-state index contributed by atoms with van der Waals surface area (Å²) in [4.78, 5) is 20.8. The van der Waals surface area contributed by atoms with Crippen LogP contribution in [0.2, 0.25) is 0 Å². The first-order chi connectivity index (χ1) is 28.2. The summed E-state index contributed by atoms with van der Waals surface area (Å²) in [5.41, 5.74) is 17.1. The highest BCUT2D eigenvalue weighted by Gasteiger charge is 2.26. The molecule has 1 saturated heterocycles. The first-order valence-corrected chi connectivity index (χ1v) is 21.4. The van der Waals surface area contributed by atoms with Gasteiger partial charge in [0.1, 0.15) is 11.6 Å². The smallest absolute Gasteiger partial charge is 0.104 e. The van der Waals surface area contributed by atoms with E-state index in [1.54, 1.807) is 0 Å². The van der Waals surface area contributed by atoms with Gasteiger partial charge in [-0.15, -0.1) is 0 Å². The number of aromatic amines is 2. The van der Waals surface area contributed by atoms with Gasteiger partial charge in [-0.25, -0.2) is 9.97 Å². The van der Waals surface area contributed by atoms with E-state index in [0.717, 1.165) is 74.7 Å². The fraction of sp³-hybridized carbons (Fsp3) is 0.377. The summed E-state index contributed by atoms with van der Waals surface area (Å²) in [7, 11) is 0. The molecule has 308 valence electrons. The summed E-state index contributed by atoms with van der Waals surface area (Å²) in [6.07, 6.45) is 8.35. The Balaban J connectivity index is 1.53. The molecule has 1 fully saturated rings. The molecular weight excluding hydrogens is 737 g/mol. The van der Waals surface area contributed by atoms with Gasteiger partial charge in [0.05, 0.1) is 52.7 Å². The molecule has 0 atom stereocenters. The molecule has 7 heteroatoms. The molecule has 0 amide bonds. The van der Waals surface area contributed by atoms with Crippen LogP contribution in [0.3, 0.4) is 0 Å². The van der Waals surface area contributed by atoms with Crippen LogP contribution in [-0.2, 0) is 26.4 Å². The van der Waals surface area contributed by atoms with Crippen LogP contribution in [0, 0.1) is 11.3 Å². The number of benzene rings is 2. The lowest BCUT2D eigenvalue weighted by atomic mass is 9.78. The second-order valence-electron chi connectivity index (χ2n) is 20.8. The van der Waals surface area contributed by atoms with Crippen molar-refractivity contribution >= 4 is 52.1 Å². The van der Waals surface area contributed by atoms with Crippen LogP contribution >= 0.6 is 0 Å². The van der Waals surface area contributed by atoms with Gasteiger partial charge in [-0.2, -0.15) is 5.26 Å². The van der Waals surface area contributed by atoms with Crippen molar-refractivity contribution in [3.63, 3.8) is 0 Å². The summed E-state index contributed by atoms with van der Waals surface area (Å²) in [6, 6.07) is 25.0. The summed E-state index contributed by atoms with van der Waals surface area (Å²) >= 11 is 0. The number of hydrogen-bond donors (Lipinski definition) is 2. The Morgan fingerprint density at radius 3 is 1.35 bits per heavy atom. The number of nitrogens with zero attached hydrogens (tertiary/aromatic N) is 4. The van der Waals surface area contributed by atoms with Gasteiger partial charge >= 0.3 is 0 Å². The van der Waals surface area contributed by atoms with E-state index in [0.29, 0.717) is 30.0 Å². The van der Waals surface area contributed by atoms with Crippen molar-refractivity contribution in [3.05, 3.63) is 111 Å². The number of hydrogen-bond acceptors (Lipinski definition) is 5. The largest absolute Gasteiger partial charge is 0.378 e. The van der Waals surface area contributed by atoms with Crippen LogP contribution in [0.15, 0.2) is 60.7 Å². The maximum atomic E-state index is 10.8. The van der Waals surface area contributed by atoms with Gasteiger partial charge in [0, 0.05) is 35.2 Å². The number of H-pyrrole nitrogens is 2. The van der Waals surface area contributed by atoms with Gasteiger partial charge in [0.2, 0.25) is 0 Å². The van der Waals surface area contributed by atoms with Crippen molar-refractivity contribution < 1.29 is 4.74 Å². The van der Waals surface area contributed by atoms with Crippen molar-refractivity contribution in [2.24, 2.45) is 0 Å². The van der Waals surface area contributed by atoms with Crippen molar-refractivity contribution in [2.45, 2.75) is 105 Å². The Kier molecular flexibility index (Phi) is 10.1. The maximum absolute atomic E-state index is 10.8. The van der Waals surface area contributed by atoms with E-state index in [-0.39, 0.29) is 21.7 Å². The fourth-order valence-electron chi connectivity index (χ4n) is 8.31. The zero-order chi connectivity index (χ0) is 42.9. The Morgan fingerprint density at radius 2 is 0.900 bits per heavy atom. The van der Waals surface area contributed by atoms with Gasteiger partial charge in [0.15, 0.2) is 0 Å². The van der Waals surface area contributed by atoms with E-state index in [1.165, 1.54) is 22.3 Å². The minimum Gasteiger partial charge on any atom is -0.378 e. The standard InChI is InChI=1S/C53H60N6O/c1-50(2,3)34-25-32(26-35(29-34)51(4,5)6)47-41-15-13-39(55-41)38(31-54)40-14-16-42(56-40)48(33-27-36(52(7,8)9)30-37(28-33)53(10,11)12)44-18-20-46(58-44)49(45-19-17-43(47)57-45)59-21-23-60-24-22-59/h13-20,25-30,55,58H,21-24H2,1-12H3. The van der Waals surface area contributed by atoms with Gasteiger partial charge in [-0.05, 0) is 104 Å². The van der Waals surface area contributed by atoms with Crippen molar-refractivity contribution in [2.75, 3.05) is 31.2 Å². The molecule has 5 aromatic rings. The number of morpholine rings is 1. The number of anilines is 1. The molecule has 7 nitrogen and oxygen atoms in total. The summed E-state index contributed by atoms with van der Waals surface area (Å²) in [6.45, 7) is 30.0. The van der Waals surface area contributed by atoms with E-state index >= 15 is 0 Å². The topological polar surface area (TPSA) is 93.6 Å². The average molecular weight is 797 g/mol. The van der Waals surface area contributed by atoms with E-state index in [4.69, 9.17) is 14.7 Å². The Morgan fingerprint density at radius 1 is 0.517 bits per heavy atom. The van der Waals surface area contributed by atoms with Gasteiger partial charge in [0.25, 0.3) is 0 Å². The van der Waals surface area contributed by atoms with E-state index in [9.17, 15) is 5.26 Å². The third-order valence-corrected chi connectivity index (χ3v) is 12.1. The minimum absolute atomic E-state index is 0.0792.